The maximum absolute atomic E-state index is 11.3. The highest BCUT2D eigenvalue weighted by Crippen LogP contribution is 2.22. The predicted octanol–water partition coefficient (Wildman–Crippen LogP) is 3.39. The molecule has 0 spiro atoms. The van der Waals surface area contributed by atoms with Gasteiger partial charge in [0.05, 0.1) is 0 Å². The second-order valence-corrected chi connectivity index (χ2v) is 6.97. The summed E-state index contributed by atoms with van der Waals surface area (Å²) >= 11 is 1.94. The first-order chi connectivity index (χ1) is 8.33. The molecule has 0 aromatic heterocycles. The molecule has 0 fully saturated rings. The minimum Gasteiger partial charge on any atom is -0.480 e. The third-order valence-electron chi connectivity index (χ3n) is 3.38. The largest absolute Gasteiger partial charge is 0.480 e. The third kappa shape index (κ3) is 6.64. The molecule has 0 bridgehead atoms. The Morgan fingerprint density at radius 3 is 2.44 bits per heavy atom. The Balaban J connectivity index is 4.01. The summed E-state index contributed by atoms with van der Waals surface area (Å²) in [6, 6.07) is 0. The predicted molar refractivity (Wildman–Crippen MR) is 80.3 cm³/mol. The summed E-state index contributed by atoms with van der Waals surface area (Å²) in [7, 11) is 0. The van der Waals surface area contributed by atoms with Crippen LogP contribution in [0.2, 0.25) is 0 Å². The van der Waals surface area contributed by atoms with Gasteiger partial charge in [0.2, 0.25) is 0 Å². The van der Waals surface area contributed by atoms with E-state index in [0.29, 0.717) is 17.6 Å². The molecule has 2 unspecified atom stereocenters. The van der Waals surface area contributed by atoms with Crippen molar-refractivity contribution in [1.29, 1.82) is 0 Å². The summed E-state index contributed by atoms with van der Waals surface area (Å²) in [5, 5.41) is 13.1. The van der Waals surface area contributed by atoms with Crippen LogP contribution >= 0.6 is 11.8 Å². The van der Waals surface area contributed by atoms with Crippen LogP contribution < -0.4 is 5.32 Å². The molecule has 0 heterocycles. The Morgan fingerprint density at radius 1 is 1.39 bits per heavy atom. The highest BCUT2D eigenvalue weighted by Gasteiger charge is 2.31. The van der Waals surface area contributed by atoms with E-state index >= 15 is 0 Å². The van der Waals surface area contributed by atoms with Gasteiger partial charge in [0, 0.05) is 5.25 Å². The summed E-state index contributed by atoms with van der Waals surface area (Å²) in [5.41, 5.74) is -0.766. The number of nitrogens with one attached hydrogen (secondary N) is 1. The normalized spacial score (nSPS) is 16.6. The topological polar surface area (TPSA) is 49.3 Å². The Morgan fingerprint density at radius 2 is 2.00 bits per heavy atom. The molecule has 3 nitrogen and oxygen atoms in total. The zero-order valence-corrected chi connectivity index (χ0v) is 13.3. The molecule has 0 aliphatic rings. The van der Waals surface area contributed by atoms with Gasteiger partial charge in [-0.2, -0.15) is 11.8 Å². The van der Waals surface area contributed by atoms with Crippen molar-refractivity contribution in [3.8, 4) is 0 Å². The Bertz CT molecular complexity index is 246. The van der Waals surface area contributed by atoms with E-state index in [1.54, 1.807) is 6.92 Å². The number of thioether (sulfide) groups is 1. The van der Waals surface area contributed by atoms with Crippen LogP contribution in [-0.2, 0) is 4.79 Å². The van der Waals surface area contributed by atoms with Crippen LogP contribution in [0.25, 0.3) is 0 Å². The van der Waals surface area contributed by atoms with E-state index < -0.39 is 11.5 Å². The lowest BCUT2D eigenvalue weighted by Crippen LogP contribution is -2.49. The van der Waals surface area contributed by atoms with Gasteiger partial charge in [-0.05, 0) is 44.4 Å². The summed E-state index contributed by atoms with van der Waals surface area (Å²) in [6.07, 6.45) is 2.60. The van der Waals surface area contributed by atoms with Crippen LogP contribution in [0.5, 0.6) is 0 Å². The Kier molecular flexibility index (Phi) is 8.70. The van der Waals surface area contributed by atoms with E-state index in [-0.39, 0.29) is 0 Å². The van der Waals surface area contributed by atoms with Gasteiger partial charge in [0.15, 0.2) is 0 Å². The molecular formula is C14H29NO2S. The highest BCUT2D eigenvalue weighted by atomic mass is 32.2. The summed E-state index contributed by atoms with van der Waals surface area (Å²) in [4.78, 5) is 11.3. The third-order valence-corrected chi connectivity index (χ3v) is 4.97. The molecule has 4 heteroatoms. The molecule has 0 amide bonds. The number of hydrogen-bond donors (Lipinski definition) is 2. The Hall–Kier alpha value is -0.220. The molecule has 0 saturated carbocycles. The van der Waals surface area contributed by atoms with E-state index in [1.165, 1.54) is 0 Å². The van der Waals surface area contributed by atoms with Gasteiger partial charge < -0.3 is 10.4 Å². The van der Waals surface area contributed by atoms with Crippen molar-refractivity contribution in [2.45, 2.75) is 64.7 Å². The standard InChI is InChI=1S/C14H29NO2S/c1-6-9-15-14(5,13(16)17)8-7-10-18-12(4)11(2)3/h11-12,15H,6-10H2,1-5H3,(H,16,17). The van der Waals surface area contributed by atoms with Gasteiger partial charge in [-0.15, -0.1) is 0 Å². The maximum atomic E-state index is 11.3. The van der Waals surface area contributed by atoms with E-state index in [2.05, 4.69) is 33.0 Å². The molecule has 108 valence electrons. The van der Waals surface area contributed by atoms with E-state index in [4.69, 9.17) is 0 Å². The monoisotopic (exact) mass is 275 g/mol. The fourth-order valence-corrected chi connectivity index (χ4v) is 2.63. The number of rotatable bonds is 10. The molecule has 2 atom stereocenters. The average Bonchev–Trinajstić information content (AvgIpc) is 2.31. The van der Waals surface area contributed by atoms with Gasteiger partial charge in [-0.3, -0.25) is 4.79 Å². The molecule has 0 aliphatic carbocycles. The van der Waals surface area contributed by atoms with Gasteiger partial charge in [0.25, 0.3) is 0 Å². The van der Waals surface area contributed by atoms with Gasteiger partial charge >= 0.3 is 5.97 Å². The van der Waals surface area contributed by atoms with Crippen LogP contribution in [0, 0.1) is 5.92 Å². The number of aliphatic carboxylic acids is 1. The van der Waals surface area contributed by atoms with Crippen molar-refractivity contribution in [2.24, 2.45) is 5.92 Å². The maximum Gasteiger partial charge on any atom is 0.323 e. The highest BCUT2D eigenvalue weighted by molar-refractivity contribution is 7.99. The van der Waals surface area contributed by atoms with E-state index in [1.807, 2.05) is 11.8 Å². The zero-order chi connectivity index (χ0) is 14.2. The van der Waals surface area contributed by atoms with Crippen molar-refractivity contribution in [2.75, 3.05) is 12.3 Å². The van der Waals surface area contributed by atoms with E-state index in [0.717, 1.165) is 25.1 Å². The SMILES string of the molecule is CCCNC(C)(CCCSC(C)C(C)C)C(=O)O. The first-order valence-electron chi connectivity index (χ1n) is 6.93. The quantitative estimate of drug-likeness (QED) is 0.600. The first-order valence-corrected chi connectivity index (χ1v) is 7.98. The Labute approximate surface area is 116 Å². The fourth-order valence-electron chi connectivity index (χ4n) is 1.56. The average molecular weight is 275 g/mol. The van der Waals surface area contributed by atoms with Crippen LogP contribution in [0.15, 0.2) is 0 Å². The van der Waals surface area contributed by atoms with Gasteiger partial charge in [-0.25, -0.2) is 0 Å². The van der Waals surface area contributed by atoms with Crippen molar-refractivity contribution in [1.82, 2.24) is 5.32 Å². The smallest absolute Gasteiger partial charge is 0.323 e. The second kappa shape index (κ2) is 8.81. The lowest BCUT2D eigenvalue weighted by molar-refractivity contribution is -0.144. The number of carbonyl (C=O) groups is 1. The van der Waals surface area contributed by atoms with Crippen molar-refractivity contribution in [3.05, 3.63) is 0 Å². The summed E-state index contributed by atoms with van der Waals surface area (Å²) < 4.78 is 0. The number of carboxylic acid groups (broad SMARTS) is 1. The van der Waals surface area contributed by atoms with Crippen LogP contribution in [0.1, 0.15) is 53.9 Å². The molecule has 0 radical (unpaired) electrons. The number of hydrogen-bond acceptors (Lipinski definition) is 3. The summed E-state index contributed by atoms with van der Waals surface area (Å²) in [5.74, 6) is 0.979. The van der Waals surface area contributed by atoms with Crippen molar-refractivity contribution < 1.29 is 9.90 Å². The van der Waals surface area contributed by atoms with Gasteiger partial charge in [-0.1, -0.05) is 27.7 Å². The van der Waals surface area contributed by atoms with E-state index in [9.17, 15) is 9.90 Å². The van der Waals surface area contributed by atoms with Crippen LogP contribution in [0.4, 0.5) is 0 Å². The molecule has 18 heavy (non-hydrogen) atoms. The van der Waals surface area contributed by atoms with Crippen LogP contribution in [0.3, 0.4) is 0 Å². The number of carboxylic acids is 1. The van der Waals surface area contributed by atoms with Crippen LogP contribution in [-0.4, -0.2) is 34.2 Å². The molecule has 0 aromatic carbocycles. The van der Waals surface area contributed by atoms with Crippen molar-refractivity contribution in [3.63, 3.8) is 0 Å². The minimum absolute atomic E-state index is 0.643. The fraction of sp³-hybridized carbons (Fsp3) is 0.929. The molecule has 0 saturated heterocycles. The second-order valence-electron chi connectivity index (χ2n) is 5.49. The first kappa shape index (κ1) is 17.8. The lowest BCUT2D eigenvalue weighted by Gasteiger charge is -2.26. The minimum atomic E-state index is -0.766. The molecule has 2 N–H and O–H groups in total. The molecule has 0 aromatic rings. The molecule has 0 aliphatic heterocycles. The lowest BCUT2D eigenvalue weighted by atomic mass is 9.96. The zero-order valence-electron chi connectivity index (χ0n) is 12.5. The summed E-state index contributed by atoms with van der Waals surface area (Å²) in [6.45, 7) is 11.3. The molecule has 0 rings (SSSR count). The molecular weight excluding hydrogens is 246 g/mol. The van der Waals surface area contributed by atoms with Gasteiger partial charge in [0.1, 0.15) is 5.54 Å². The van der Waals surface area contributed by atoms with Crippen molar-refractivity contribution >= 4 is 17.7 Å².